The Kier molecular flexibility index (Phi) is 4.05. The van der Waals surface area contributed by atoms with Crippen LogP contribution in [-0.4, -0.2) is 50.8 Å². The van der Waals surface area contributed by atoms with E-state index >= 15 is 0 Å². The fraction of sp³-hybridized carbons (Fsp3) is 0.450. The van der Waals surface area contributed by atoms with E-state index in [-0.39, 0.29) is 11.8 Å². The van der Waals surface area contributed by atoms with Crippen molar-refractivity contribution in [2.75, 3.05) is 19.6 Å². The number of fused-ring (bicyclic) bond motifs is 2. The summed E-state index contributed by atoms with van der Waals surface area (Å²) in [4.78, 5) is 33.6. The normalized spacial score (nSPS) is 18.7. The molecule has 136 valence electrons. The van der Waals surface area contributed by atoms with Crippen molar-refractivity contribution in [3.05, 3.63) is 53.6 Å². The summed E-state index contributed by atoms with van der Waals surface area (Å²) in [6.07, 6.45) is 3.34. The highest BCUT2D eigenvalue weighted by Crippen LogP contribution is 2.41. The first kappa shape index (κ1) is 16.8. The monoisotopic (exact) mass is 352 g/mol. The fourth-order valence-electron chi connectivity index (χ4n) is 4.44. The van der Waals surface area contributed by atoms with Crippen LogP contribution < -0.4 is 0 Å². The second-order valence-electron chi connectivity index (χ2n) is 7.24. The van der Waals surface area contributed by atoms with E-state index in [9.17, 15) is 9.59 Å². The van der Waals surface area contributed by atoms with Crippen LogP contribution in [0.2, 0.25) is 0 Å². The van der Waals surface area contributed by atoms with Gasteiger partial charge in [0.2, 0.25) is 5.91 Å². The van der Waals surface area contributed by atoms with Crippen LogP contribution in [0.1, 0.15) is 41.6 Å². The molecule has 2 aliphatic rings. The van der Waals surface area contributed by atoms with Gasteiger partial charge < -0.3 is 14.4 Å². The maximum absolute atomic E-state index is 12.8. The Labute approximate surface area is 153 Å². The van der Waals surface area contributed by atoms with Crippen molar-refractivity contribution in [2.45, 2.75) is 38.8 Å². The highest BCUT2D eigenvalue weighted by molar-refractivity contribution is 5.94. The van der Waals surface area contributed by atoms with Gasteiger partial charge in [-0.3, -0.25) is 9.59 Å². The van der Waals surface area contributed by atoms with Gasteiger partial charge in [-0.25, -0.2) is 4.98 Å². The molecule has 3 heterocycles. The zero-order valence-electron chi connectivity index (χ0n) is 15.3. The second kappa shape index (κ2) is 6.27. The lowest BCUT2D eigenvalue weighted by molar-refractivity contribution is -0.140. The zero-order valence-corrected chi connectivity index (χ0v) is 15.3. The van der Waals surface area contributed by atoms with Gasteiger partial charge in [0.05, 0.1) is 0 Å². The van der Waals surface area contributed by atoms with Gasteiger partial charge in [-0.05, 0) is 31.9 Å². The molecule has 0 saturated carbocycles. The molecule has 26 heavy (non-hydrogen) atoms. The number of carbonyl (C=O) groups is 2. The third-order valence-electron chi connectivity index (χ3n) is 5.81. The summed E-state index contributed by atoms with van der Waals surface area (Å²) in [5, 5.41) is 0. The van der Waals surface area contributed by atoms with Gasteiger partial charge in [-0.15, -0.1) is 0 Å². The Balaban J connectivity index is 1.61. The van der Waals surface area contributed by atoms with Gasteiger partial charge in [-0.1, -0.05) is 18.2 Å². The first-order valence-corrected chi connectivity index (χ1v) is 9.18. The largest absolute Gasteiger partial charge is 0.338 e. The quantitative estimate of drug-likeness (QED) is 0.790. The summed E-state index contributed by atoms with van der Waals surface area (Å²) >= 11 is 0. The standard InChI is InChI=1S/C20H24N4O2/c1-15-14-21-19-20(24(16(2)25)13-12-23(15)19)8-10-22(11-9-20)18(26)17-6-4-3-5-7-17/h3-7,14H,8-13H2,1-2H3. The average Bonchev–Trinajstić information content (AvgIpc) is 3.05. The lowest BCUT2D eigenvalue weighted by Gasteiger charge is -2.50. The van der Waals surface area contributed by atoms with Crippen molar-refractivity contribution in [2.24, 2.45) is 0 Å². The molecular weight excluding hydrogens is 328 g/mol. The van der Waals surface area contributed by atoms with E-state index in [1.54, 1.807) is 6.92 Å². The molecule has 1 fully saturated rings. The molecule has 0 atom stereocenters. The molecule has 0 N–H and O–H groups in total. The van der Waals surface area contributed by atoms with Crippen LogP contribution in [0.15, 0.2) is 36.5 Å². The summed E-state index contributed by atoms with van der Waals surface area (Å²) in [6, 6.07) is 9.39. The van der Waals surface area contributed by atoms with E-state index < -0.39 is 5.54 Å². The number of aryl methyl sites for hydroxylation is 1. The van der Waals surface area contributed by atoms with E-state index in [1.165, 1.54) is 0 Å². The molecule has 1 spiro atoms. The number of rotatable bonds is 1. The summed E-state index contributed by atoms with van der Waals surface area (Å²) in [7, 11) is 0. The van der Waals surface area contributed by atoms with Crippen molar-refractivity contribution in [1.82, 2.24) is 19.4 Å². The Bertz CT molecular complexity index is 835. The minimum atomic E-state index is -0.397. The number of piperidine rings is 1. The van der Waals surface area contributed by atoms with Gasteiger partial charge in [0.15, 0.2) is 0 Å². The van der Waals surface area contributed by atoms with Crippen molar-refractivity contribution >= 4 is 11.8 Å². The van der Waals surface area contributed by atoms with Crippen molar-refractivity contribution < 1.29 is 9.59 Å². The number of benzene rings is 1. The van der Waals surface area contributed by atoms with Gasteiger partial charge in [-0.2, -0.15) is 0 Å². The summed E-state index contributed by atoms with van der Waals surface area (Å²) < 4.78 is 2.23. The van der Waals surface area contributed by atoms with Gasteiger partial charge >= 0.3 is 0 Å². The van der Waals surface area contributed by atoms with Crippen LogP contribution >= 0.6 is 0 Å². The first-order valence-electron chi connectivity index (χ1n) is 9.18. The molecule has 4 rings (SSSR count). The number of hydrogen-bond acceptors (Lipinski definition) is 3. The molecule has 1 aromatic heterocycles. The highest BCUT2D eigenvalue weighted by atomic mass is 16.2. The Morgan fingerprint density at radius 1 is 1.04 bits per heavy atom. The Morgan fingerprint density at radius 3 is 2.38 bits per heavy atom. The molecule has 6 heteroatoms. The number of imidazole rings is 1. The molecule has 1 aromatic carbocycles. The maximum Gasteiger partial charge on any atom is 0.253 e. The summed E-state index contributed by atoms with van der Waals surface area (Å²) in [6.45, 7) is 6.44. The van der Waals surface area contributed by atoms with E-state index in [0.29, 0.717) is 25.2 Å². The molecule has 2 aromatic rings. The van der Waals surface area contributed by atoms with Crippen LogP contribution in [-0.2, 0) is 16.9 Å². The predicted octanol–water partition coefficient (Wildman–Crippen LogP) is 2.19. The number of hydrogen-bond donors (Lipinski definition) is 0. The van der Waals surface area contributed by atoms with Crippen molar-refractivity contribution in [3.63, 3.8) is 0 Å². The van der Waals surface area contributed by atoms with E-state index in [1.807, 2.05) is 46.3 Å². The first-order chi connectivity index (χ1) is 12.5. The maximum atomic E-state index is 12.8. The van der Waals surface area contributed by atoms with Crippen LogP contribution in [0.4, 0.5) is 0 Å². The molecular formula is C20H24N4O2. The topological polar surface area (TPSA) is 58.4 Å². The van der Waals surface area contributed by atoms with Crippen LogP contribution in [0.25, 0.3) is 0 Å². The summed E-state index contributed by atoms with van der Waals surface area (Å²) in [5.41, 5.74) is 1.45. The average molecular weight is 352 g/mol. The lowest BCUT2D eigenvalue weighted by Crippen LogP contribution is -2.59. The predicted molar refractivity (Wildman–Crippen MR) is 97.6 cm³/mol. The molecule has 6 nitrogen and oxygen atoms in total. The third kappa shape index (κ3) is 2.52. The number of carbonyl (C=O) groups excluding carboxylic acids is 2. The van der Waals surface area contributed by atoms with Crippen LogP contribution in [0, 0.1) is 6.92 Å². The fourth-order valence-corrected chi connectivity index (χ4v) is 4.44. The third-order valence-corrected chi connectivity index (χ3v) is 5.81. The van der Waals surface area contributed by atoms with E-state index in [4.69, 9.17) is 0 Å². The molecule has 1 saturated heterocycles. The molecule has 0 radical (unpaired) electrons. The SMILES string of the molecule is CC(=O)N1CCn2c(C)cnc2C12CCN(C(=O)c1ccccc1)CC2. The van der Waals surface area contributed by atoms with Gasteiger partial charge in [0.1, 0.15) is 11.4 Å². The Hall–Kier alpha value is -2.63. The second-order valence-corrected chi connectivity index (χ2v) is 7.24. The van der Waals surface area contributed by atoms with Crippen molar-refractivity contribution in [1.29, 1.82) is 0 Å². The molecule has 0 bridgehead atoms. The molecule has 0 aliphatic carbocycles. The minimum absolute atomic E-state index is 0.0603. The minimum Gasteiger partial charge on any atom is -0.338 e. The smallest absolute Gasteiger partial charge is 0.253 e. The van der Waals surface area contributed by atoms with Gasteiger partial charge in [0.25, 0.3) is 5.91 Å². The number of aromatic nitrogens is 2. The highest BCUT2D eigenvalue weighted by Gasteiger charge is 2.48. The van der Waals surface area contributed by atoms with Crippen LogP contribution in [0.3, 0.4) is 0 Å². The van der Waals surface area contributed by atoms with Gasteiger partial charge in [0, 0.05) is 50.6 Å². The summed E-state index contributed by atoms with van der Waals surface area (Å²) in [5.74, 6) is 1.12. The van der Waals surface area contributed by atoms with Crippen molar-refractivity contribution in [3.8, 4) is 0 Å². The molecule has 2 aliphatic heterocycles. The number of likely N-dealkylation sites (tertiary alicyclic amines) is 1. The lowest BCUT2D eigenvalue weighted by atomic mass is 9.83. The number of amides is 2. The van der Waals surface area contributed by atoms with E-state index in [0.717, 1.165) is 30.9 Å². The Morgan fingerprint density at radius 2 is 1.73 bits per heavy atom. The van der Waals surface area contributed by atoms with E-state index in [2.05, 4.69) is 16.5 Å². The molecule has 2 amide bonds. The van der Waals surface area contributed by atoms with Crippen LogP contribution in [0.5, 0.6) is 0 Å². The number of nitrogens with zero attached hydrogens (tertiary/aromatic N) is 4. The zero-order chi connectivity index (χ0) is 18.3. The molecule has 0 unspecified atom stereocenters.